The van der Waals surface area contributed by atoms with Crippen molar-refractivity contribution in [3.05, 3.63) is 0 Å². The van der Waals surface area contributed by atoms with Crippen molar-refractivity contribution >= 4 is 17.9 Å². The highest BCUT2D eigenvalue weighted by molar-refractivity contribution is 5.70. The van der Waals surface area contributed by atoms with Crippen LogP contribution < -0.4 is 0 Å². The molecular formula is C24H46N4O6. The van der Waals surface area contributed by atoms with Crippen molar-refractivity contribution in [1.82, 2.24) is 19.6 Å². The lowest BCUT2D eigenvalue weighted by molar-refractivity contribution is -0.142. The summed E-state index contributed by atoms with van der Waals surface area (Å²) < 4.78 is 0. The van der Waals surface area contributed by atoms with Gasteiger partial charge >= 0.3 is 17.9 Å². The zero-order valence-electron chi connectivity index (χ0n) is 21.6. The van der Waals surface area contributed by atoms with Crippen LogP contribution >= 0.6 is 0 Å². The van der Waals surface area contributed by atoms with Gasteiger partial charge in [-0.25, -0.2) is 0 Å². The second kappa shape index (κ2) is 15.3. The maximum atomic E-state index is 11.8. The molecule has 34 heavy (non-hydrogen) atoms. The number of carboxylic acid groups (broad SMARTS) is 3. The zero-order chi connectivity index (χ0) is 25.8. The lowest BCUT2D eigenvalue weighted by Crippen LogP contribution is -2.59. The summed E-state index contributed by atoms with van der Waals surface area (Å²) in [6.07, 6.45) is 2.97. The number of rotatable bonds is 11. The van der Waals surface area contributed by atoms with Crippen molar-refractivity contribution in [2.75, 3.05) is 52.4 Å². The number of aliphatic carboxylic acids is 3. The first-order valence-corrected chi connectivity index (χ1v) is 12.7. The Morgan fingerprint density at radius 2 is 0.765 bits per heavy atom. The van der Waals surface area contributed by atoms with E-state index < -0.39 is 17.9 Å². The average Bonchev–Trinajstić information content (AvgIpc) is 2.77. The average molecular weight is 487 g/mol. The Kier molecular flexibility index (Phi) is 13.6. The molecule has 1 saturated heterocycles. The van der Waals surface area contributed by atoms with E-state index in [1.807, 2.05) is 28.5 Å². The molecule has 0 aromatic carbocycles. The van der Waals surface area contributed by atoms with E-state index in [0.717, 1.165) is 19.4 Å². The largest absolute Gasteiger partial charge is 0.480 e. The van der Waals surface area contributed by atoms with Gasteiger partial charge in [-0.05, 0) is 32.2 Å². The predicted octanol–water partition coefficient (Wildman–Crippen LogP) is 1.60. The molecule has 0 amide bonds. The van der Waals surface area contributed by atoms with Crippen LogP contribution in [0.3, 0.4) is 0 Å². The fourth-order valence-electron chi connectivity index (χ4n) is 5.18. The van der Waals surface area contributed by atoms with E-state index >= 15 is 0 Å². The van der Waals surface area contributed by atoms with Gasteiger partial charge in [0.2, 0.25) is 0 Å². The van der Waals surface area contributed by atoms with Gasteiger partial charge in [-0.1, -0.05) is 34.6 Å². The summed E-state index contributed by atoms with van der Waals surface area (Å²) in [5.41, 5.74) is 0. The van der Waals surface area contributed by atoms with E-state index in [0.29, 0.717) is 39.0 Å². The van der Waals surface area contributed by atoms with Gasteiger partial charge in [0.15, 0.2) is 0 Å². The molecular weight excluding hydrogens is 440 g/mol. The van der Waals surface area contributed by atoms with E-state index in [1.54, 1.807) is 0 Å². The van der Waals surface area contributed by atoms with Crippen LogP contribution in [0.4, 0.5) is 0 Å². The molecule has 3 N–H and O–H groups in total. The standard InChI is InChI=1S/C24H46N4O6/c1-6-18-12-26(15-22(29)30)20(8-3)14-28(17-24(33)34)21(9-4)13-27(16-23(31)32)19(7-2)11-25(18)10-5/h18-21H,6-17H2,1-5H3,(H,29,30)(H,31,32)(H,33,34). The summed E-state index contributed by atoms with van der Waals surface area (Å²) >= 11 is 0. The molecule has 0 aromatic heterocycles. The van der Waals surface area contributed by atoms with Crippen LogP contribution in [0.25, 0.3) is 0 Å². The minimum atomic E-state index is -0.939. The van der Waals surface area contributed by atoms with Crippen LogP contribution in [0.2, 0.25) is 0 Å². The van der Waals surface area contributed by atoms with Crippen LogP contribution in [0.5, 0.6) is 0 Å². The van der Waals surface area contributed by atoms with Crippen molar-refractivity contribution < 1.29 is 29.7 Å². The van der Waals surface area contributed by atoms with E-state index in [9.17, 15) is 29.7 Å². The molecule has 4 unspecified atom stereocenters. The van der Waals surface area contributed by atoms with E-state index in [1.165, 1.54) is 0 Å². The molecule has 1 aliphatic heterocycles. The molecule has 0 aromatic rings. The topological polar surface area (TPSA) is 125 Å². The van der Waals surface area contributed by atoms with E-state index in [4.69, 9.17) is 0 Å². The Labute approximate surface area is 204 Å². The molecule has 1 heterocycles. The third-order valence-electron chi connectivity index (χ3n) is 7.15. The van der Waals surface area contributed by atoms with Crippen LogP contribution in [0.15, 0.2) is 0 Å². The minimum Gasteiger partial charge on any atom is -0.480 e. The maximum Gasteiger partial charge on any atom is 0.317 e. The lowest BCUT2D eigenvalue weighted by atomic mass is 10.0. The number of hydrogen-bond acceptors (Lipinski definition) is 7. The number of hydrogen-bond donors (Lipinski definition) is 3. The minimum absolute atomic E-state index is 0.000139. The van der Waals surface area contributed by atoms with E-state index in [-0.39, 0.29) is 43.8 Å². The van der Waals surface area contributed by atoms with Crippen LogP contribution in [0.1, 0.15) is 60.3 Å². The number of likely N-dealkylation sites (N-methyl/N-ethyl adjacent to an activating group) is 1. The SMILES string of the molecule is CCC1CN(CC(=O)O)C(CC)CN(CC(=O)O)C(CC)CN(CC(=O)O)C(CC)CN1CC. The molecule has 10 heteroatoms. The summed E-state index contributed by atoms with van der Waals surface area (Å²) in [5, 5.41) is 28.9. The quantitative estimate of drug-likeness (QED) is 0.396. The van der Waals surface area contributed by atoms with Crippen molar-refractivity contribution in [3.63, 3.8) is 0 Å². The summed E-state index contributed by atoms with van der Waals surface area (Å²) in [5.74, 6) is -2.72. The van der Waals surface area contributed by atoms with Crippen LogP contribution in [0, 0.1) is 0 Å². The molecule has 1 rings (SSSR count). The third-order valence-corrected chi connectivity index (χ3v) is 7.15. The van der Waals surface area contributed by atoms with Gasteiger partial charge in [-0.15, -0.1) is 0 Å². The van der Waals surface area contributed by atoms with Gasteiger partial charge in [-0.3, -0.25) is 34.0 Å². The molecule has 0 spiro atoms. The smallest absolute Gasteiger partial charge is 0.317 e. The Hall–Kier alpha value is -1.75. The fourth-order valence-corrected chi connectivity index (χ4v) is 5.18. The number of carbonyl (C=O) groups is 3. The third kappa shape index (κ3) is 9.48. The van der Waals surface area contributed by atoms with Gasteiger partial charge in [-0.2, -0.15) is 0 Å². The van der Waals surface area contributed by atoms with Gasteiger partial charge in [0.25, 0.3) is 0 Å². The Bertz CT molecular complexity index is 635. The second-order valence-electron chi connectivity index (χ2n) is 9.31. The van der Waals surface area contributed by atoms with Gasteiger partial charge in [0.1, 0.15) is 0 Å². The van der Waals surface area contributed by atoms with Gasteiger partial charge in [0, 0.05) is 50.3 Å². The molecule has 0 saturated carbocycles. The first-order chi connectivity index (χ1) is 16.1. The van der Waals surface area contributed by atoms with E-state index in [2.05, 4.69) is 25.7 Å². The van der Waals surface area contributed by atoms with Crippen LogP contribution in [-0.4, -0.2) is 129 Å². The molecule has 198 valence electrons. The molecule has 0 bridgehead atoms. The van der Waals surface area contributed by atoms with Crippen LogP contribution in [-0.2, 0) is 14.4 Å². The summed E-state index contributed by atoms with van der Waals surface area (Å²) in [6.45, 7) is 12.8. The Morgan fingerprint density at radius 1 is 0.529 bits per heavy atom. The zero-order valence-corrected chi connectivity index (χ0v) is 21.6. The predicted molar refractivity (Wildman–Crippen MR) is 131 cm³/mol. The molecule has 0 radical (unpaired) electrons. The Balaban J connectivity index is 3.53. The highest BCUT2D eigenvalue weighted by atomic mass is 16.4. The first-order valence-electron chi connectivity index (χ1n) is 12.7. The highest BCUT2D eigenvalue weighted by Crippen LogP contribution is 2.20. The summed E-state index contributed by atoms with van der Waals surface area (Å²) in [4.78, 5) is 43.5. The molecule has 0 aliphatic carbocycles. The molecule has 1 fully saturated rings. The number of nitrogens with zero attached hydrogens (tertiary/aromatic N) is 4. The normalized spacial score (nSPS) is 27.1. The fraction of sp³-hybridized carbons (Fsp3) is 0.875. The Morgan fingerprint density at radius 3 is 0.971 bits per heavy atom. The summed E-state index contributed by atoms with van der Waals surface area (Å²) in [7, 11) is 0. The van der Waals surface area contributed by atoms with Crippen molar-refractivity contribution in [2.24, 2.45) is 0 Å². The first kappa shape index (κ1) is 30.3. The van der Waals surface area contributed by atoms with Crippen molar-refractivity contribution in [3.8, 4) is 0 Å². The maximum absolute atomic E-state index is 11.8. The molecule has 1 aliphatic rings. The van der Waals surface area contributed by atoms with Gasteiger partial charge in [0.05, 0.1) is 19.6 Å². The molecule has 4 atom stereocenters. The van der Waals surface area contributed by atoms with Gasteiger partial charge < -0.3 is 15.3 Å². The highest BCUT2D eigenvalue weighted by Gasteiger charge is 2.34. The second-order valence-corrected chi connectivity index (χ2v) is 9.31. The monoisotopic (exact) mass is 486 g/mol. The lowest BCUT2D eigenvalue weighted by Gasteiger charge is -2.45. The summed E-state index contributed by atoms with van der Waals surface area (Å²) in [6, 6.07) is -0.151. The van der Waals surface area contributed by atoms with Crippen molar-refractivity contribution in [1.29, 1.82) is 0 Å². The van der Waals surface area contributed by atoms with Crippen molar-refractivity contribution in [2.45, 2.75) is 84.5 Å². The molecule has 10 nitrogen and oxygen atoms in total. The number of carboxylic acids is 3.